The highest BCUT2D eigenvalue weighted by Gasteiger charge is 2.22. The number of phenols is 1. The number of hydrogen-bond acceptors (Lipinski definition) is 6. The van der Waals surface area contributed by atoms with Gasteiger partial charge >= 0.3 is 6.09 Å². The number of phenolic OH excluding ortho intramolecular Hbond substituents is 1. The van der Waals surface area contributed by atoms with Gasteiger partial charge < -0.3 is 9.84 Å². The van der Waals surface area contributed by atoms with Gasteiger partial charge in [0.05, 0.1) is 11.4 Å². The van der Waals surface area contributed by atoms with Gasteiger partial charge in [0.1, 0.15) is 5.75 Å². The van der Waals surface area contributed by atoms with Crippen LogP contribution in [0.25, 0.3) is 0 Å². The van der Waals surface area contributed by atoms with Gasteiger partial charge in [-0.15, -0.1) is 0 Å². The fraction of sp³-hybridized carbons (Fsp3) is 0.176. The maximum atomic E-state index is 11.9. The summed E-state index contributed by atoms with van der Waals surface area (Å²) < 4.78 is 5.01. The Labute approximate surface area is 143 Å². The number of nitrogens with one attached hydrogen (secondary N) is 2. The largest absolute Gasteiger partial charge is 0.506 e. The number of aromatic hydroxyl groups is 1. The van der Waals surface area contributed by atoms with Crippen molar-refractivity contribution in [3.63, 3.8) is 0 Å². The Kier molecular flexibility index (Phi) is 4.60. The summed E-state index contributed by atoms with van der Waals surface area (Å²) >= 11 is 0. The van der Waals surface area contributed by atoms with Gasteiger partial charge in [-0.25, -0.2) is 15.2 Å². The summed E-state index contributed by atoms with van der Waals surface area (Å²) in [5.74, 6) is -0.198. The molecule has 0 aliphatic carbocycles. The minimum Gasteiger partial charge on any atom is -0.506 e. The molecule has 128 valence electrons. The van der Waals surface area contributed by atoms with Gasteiger partial charge in [-0.1, -0.05) is 19.1 Å². The first-order valence-corrected chi connectivity index (χ1v) is 7.62. The van der Waals surface area contributed by atoms with Crippen molar-refractivity contribution >= 4 is 23.4 Å². The predicted molar refractivity (Wildman–Crippen MR) is 90.5 cm³/mol. The lowest BCUT2D eigenvalue weighted by molar-refractivity contribution is -0.121. The zero-order valence-electron chi connectivity index (χ0n) is 13.4. The van der Waals surface area contributed by atoms with Crippen LogP contribution in [0.1, 0.15) is 18.9 Å². The van der Waals surface area contributed by atoms with Crippen LogP contribution in [0.3, 0.4) is 0 Å². The molecule has 8 heteroatoms. The van der Waals surface area contributed by atoms with Crippen molar-refractivity contribution in [1.29, 1.82) is 0 Å². The third-order valence-electron chi connectivity index (χ3n) is 3.62. The summed E-state index contributed by atoms with van der Waals surface area (Å²) in [4.78, 5) is 27.0. The molecule has 1 atom stereocenters. The van der Waals surface area contributed by atoms with E-state index >= 15 is 0 Å². The number of hydrogen-bond donors (Lipinski definition) is 3. The smallest absolute Gasteiger partial charge is 0.418 e. The Hall–Kier alpha value is -3.42. The molecule has 2 amide bonds. The number of nitrogens with zero attached hydrogens (tertiary/aromatic N) is 2. The van der Waals surface area contributed by atoms with Gasteiger partial charge in [-0.3, -0.25) is 10.1 Å². The highest BCUT2D eigenvalue weighted by Crippen LogP contribution is 2.27. The van der Waals surface area contributed by atoms with Gasteiger partial charge in [0.15, 0.2) is 0 Å². The van der Waals surface area contributed by atoms with Crippen LogP contribution < -0.4 is 15.5 Å². The molecule has 1 aliphatic heterocycles. The topological polar surface area (TPSA) is 113 Å². The Morgan fingerprint density at radius 2 is 2.20 bits per heavy atom. The molecule has 0 bridgehead atoms. The van der Waals surface area contributed by atoms with Crippen molar-refractivity contribution in [1.82, 2.24) is 10.4 Å². The average Bonchev–Trinajstić information content (AvgIpc) is 2.58. The third-order valence-corrected chi connectivity index (χ3v) is 3.62. The average molecular weight is 340 g/mol. The fourth-order valence-corrected chi connectivity index (χ4v) is 2.44. The van der Waals surface area contributed by atoms with E-state index in [0.29, 0.717) is 17.7 Å². The first kappa shape index (κ1) is 16.4. The molecule has 0 radical (unpaired) electrons. The Morgan fingerprint density at radius 3 is 2.88 bits per heavy atom. The normalized spacial score (nSPS) is 16.6. The molecular formula is C17H16N4O4. The number of carbonyl (C=O) groups excluding carboxylic acids is 2. The SMILES string of the molecule is CC1CC(=O)NN=C1c1ccc(NC(=O)Oc2ccccn2)c(O)c1. The Bertz CT molecular complexity index is 836. The molecule has 3 rings (SSSR count). The zero-order valence-corrected chi connectivity index (χ0v) is 13.4. The molecule has 1 aromatic carbocycles. The van der Waals surface area contributed by atoms with Gasteiger partial charge in [0.25, 0.3) is 0 Å². The highest BCUT2D eigenvalue weighted by atomic mass is 16.6. The summed E-state index contributed by atoms with van der Waals surface area (Å²) in [6, 6.07) is 9.64. The third kappa shape index (κ3) is 3.92. The van der Waals surface area contributed by atoms with Crippen LogP contribution in [0.2, 0.25) is 0 Å². The monoisotopic (exact) mass is 340 g/mol. The first-order valence-electron chi connectivity index (χ1n) is 7.62. The molecule has 1 aromatic heterocycles. The standard InChI is InChI=1S/C17H16N4O4/c1-10-8-14(23)20-21-16(10)11-5-6-12(13(22)9-11)19-17(24)25-15-4-2-3-7-18-15/h2-7,9-10,22H,8H2,1H3,(H,19,24)(H,20,23). The van der Waals surface area contributed by atoms with Crippen LogP contribution in [0.5, 0.6) is 11.6 Å². The van der Waals surface area contributed by atoms with E-state index in [1.54, 1.807) is 24.3 Å². The Balaban J connectivity index is 1.72. The maximum absolute atomic E-state index is 11.9. The van der Waals surface area contributed by atoms with E-state index in [1.165, 1.54) is 18.3 Å². The van der Waals surface area contributed by atoms with E-state index in [4.69, 9.17) is 4.74 Å². The van der Waals surface area contributed by atoms with Crippen LogP contribution >= 0.6 is 0 Å². The quantitative estimate of drug-likeness (QED) is 0.742. The molecule has 0 spiro atoms. The number of aromatic nitrogens is 1. The number of benzene rings is 1. The molecule has 2 heterocycles. The number of anilines is 1. The van der Waals surface area contributed by atoms with Gasteiger partial charge in [-0.2, -0.15) is 5.10 Å². The number of rotatable bonds is 3. The predicted octanol–water partition coefficient (Wildman–Crippen LogP) is 2.26. The van der Waals surface area contributed by atoms with Crippen LogP contribution in [-0.4, -0.2) is 27.8 Å². The number of amides is 2. The molecule has 3 N–H and O–H groups in total. The number of hydrazone groups is 1. The minimum absolute atomic E-state index is 0.0684. The van der Waals surface area contributed by atoms with Gasteiger partial charge in [-0.05, 0) is 18.2 Å². The minimum atomic E-state index is -0.766. The second-order valence-electron chi connectivity index (χ2n) is 5.55. The van der Waals surface area contributed by atoms with Crippen LogP contribution in [0, 0.1) is 5.92 Å². The number of carbonyl (C=O) groups is 2. The lowest BCUT2D eigenvalue weighted by atomic mass is 9.94. The zero-order chi connectivity index (χ0) is 17.8. The van der Waals surface area contributed by atoms with E-state index in [1.807, 2.05) is 6.92 Å². The summed E-state index contributed by atoms with van der Waals surface area (Å²) in [5.41, 5.74) is 3.94. The van der Waals surface area contributed by atoms with Gasteiger partial charge in [0, 0.05) is 30.2 Å². The van der Waals surface area contributed by atoms with Crippen molar-refractivity contribution in [3.05, 3.63) is 48.2 Å². The fourth-order valence-electron chi connectivity index (χ4n) is 2.44. The van der Waals surface area contributed by atoms with E-state index < -0.39 is 6.09 Å². The molecule has 0 saturated carbocycles. The van der Waals surface area contributed by atoms with Crippen LogP contribution in [0.15, 0.2) is 47.7 Å². The molecular weight excluding hydrogens is 324 g/mol. The highest BCUT2D eigenvalue weighted by molar-refractivity contribution is 6.06. The van der Waals surface area contributed by atoms with Crippen molar-refractivity contribution in [3.8, 4) is 11.6 Å². The summed E-state index contributed by atoms with van der Waals surface area (Å²) in [5, 5.41) is 16.6. The molecule has 2 aromatic rings. The number of ether oxygens (including phenoxy) is 1. The van der Waals surface area contributed by atoms with Crippen molar-refractivity contribution < 1.29 is 19.4 Å². The van der Waals surface area contributed by atoms with Crippen molar-refractivity contribution in [2.75, 3.05) is 5.32 Å². The van der Waals surface area contributed by atoms with E-state index in [0.717, 1.165) is 0 Å². The maximum Gasteiger partial charge on any atom is 0.418 e. The van der Waals surface area contributed by atoms with E-state index in [2.05, 4.69) is 20.8 Å². The van der Waals surface area contributed by atoms with E-state index in [9.17, 15) is 14.7 Å². The van der Waals surface area contributed by atoms with Crippen LogP contribution in [-0.2, 0) is 4.79 Å². The van der Waals surface area contributed by atoms with E-state index in [-0.39, 0.29) is 29.1 Å². The first-order chi connectivity index (χ1) is 12.0. The second kappa shape index (κ2) is 7.00. The van der Waals surface area contributed by atoms with Crippen LogP contribution in [0.4, 0.5) is 10.5 Å². The molecule has 0 fully saturated rings. The molecule has 1 unspecified atom stereocenters. The van der Waals surface area contributed by atoms with Crippen molar-refractivity contribution in [2.45, 2.75) is 13.3 Å². The summed E-state index contributed by atoms with van der Waals surface area (Å²) in [7, 11) is 0. The lowest BCUT2D eigenvalue weighted by Crippen LogP contribution is -2.31. The number of pyridine rings is 1. The van der Waals surface area contributed by atoms with Crippen molar-refractivity contribution in [2.24, 2.45) is 11.0 Å². The summed E-state index contributed by atoms with van der Waals surface area (Å²) in [6.45, 7) is 1.88. The van der Waals surface area contributed by atoms with Gasteiger partial charge in [0.2, 0.25) is 11.8 Å². The molecule has 25 heavy (non-hydrogen) atoms. The lowest BCUT2D eigenvalue weighted by Gasteiger charge is -2.19. The molecule has 8 nitrogen and oxygen atoms in total. The summed E-state index contributed by atoms with van der Waals surface area (Å²) in [6.07, 6.45) is 1.06. The molecule has 1 aliphatic rings. The second-order valence-corrected chi connectivity index (χ2v) is 5.55. The Morgan fingerprint density at radius 1 is 1.36 bits per heavy atom. The molecule has 0 saturated heterocycles.